The third-order valence-electron chi connectivity index (χ3n) is 4.13. The summed E-state index contributed by atoms with van der Waals surface area (Å²) >= 11 is 0. The van der Waals surface area contributed by atoms with Gasteiger partial charge in [-0.05, 0) is 48.8 Å². The lowest BCUT2D eigenvalue weighted by molar-refractivity contribution is 0.0600. The number of methoxy groups -OCH3 is 1. The van der Waals surface area contributed by atoms with Gasteiger partial charge < -0.3 is 10.1 Å². The van der Waals surface area contributed by atoms with Crippen molar-refractivity contribution in [2.75, 3.05) is 12.4 Å². The molecule has 2 unspecified atom stereocenters. The molecule has 21 heavy (non-hydrogen) atoms. The zero-order valence-corrected chi connectivity index (χ0v) is 13.2. The molecule has 1 aliphatic rings. The molecule has 0 aliphatic heterocycles. The highest BCUT2D eigenvalue weighted by molar-refractivity contribution is 5.90. The van der Waals surface area contributed by atoms with Crippen LogP contribution in [0.25, 0.3) is 0 Å². The van der Waals surface area contributed by atoms with Gasteiger partial charge in [-0.15, -0.1) is 0 Å². The van der Waals surface area contributed by atoms with E-state index in [1.54, 1.807) is 0 Å². The van der Waals surface area contributed by atoms with E-state index in [9.17, 15) is 9.18 Å². The smallest absolute Gasteiger partial charge is 0.337 e. The number of benzene rings is 1. The van der Waals surface area contributed by atoms with E-state index >= 15 is 0 Å². The SMILES string of the molecule is COC(=O)c1ccc(F)c(NC2CC(C)CC(C)(C)C2)c1. The first-order valence-electron chi connectivity index (χ1n) is 7.45. The minimum Gasteiger partial charge on any atom is -0.465 e. The number of carbonyl (C=O) groups excluding carboxylic acids is 1. The van der Waals surface area contributed by atoms with Gasteiger partial charge >= 0.3 is 5.97 Å². The van der Waals surface area contributed by atoms with Crippen LogP contribution >= 0.6 is 0 Å². The maximum absolute atomic E-state index is 14.0. The minimum absolute atomic E-state index is 0.228. The van der Waals surface area contributed by atoms with Gasteiger partial charge in [0.05, 0.1) is 18.4 Å². The molecule has 4 heteroatoms. The largest absolute Gasteiger partial charge is 0.465 e. The fourth-order valence-corrected chi connectivity index (χ4v) is 3.56. The summed E-state index contributed by atoms with van der Waals surface area (Å²) < 4.78 is 18.6. The third kappa shape index (κ3) is 3.96. The zero-order chi connectivity index (χ0) is 15.6. The first kappa shape index (κ1) is 15.8. The molecule has 0 radical (unpaired) electrons. The molecule has 0 bridgehead atoms. The summed E-state index contributed by atoms with van der Waals surface area (Å²) in [5, 5.41) is 3.27. The molecule has 1 fully saturated rings. The van der Waals surface area contributed by atoms with Gasteiger partial charge in [0, 0.05) is 6.04 Å². The van der Waals surface area contributed by atoms with Crippen LogP contribution < -0.4 is 5.32 Å². The highest BCUT2D eigenvalue weighted by Crippen LogP contribution is 2.39. The van der Waals surface area contributed by atoms with Crippen molar-refractivity contribution in [3.05, 3.63) is 29.6 Å². The van der Waals surface area contributed by atoms with Gasteiger partial charge in [0.2, 0.25) is 0 Å². The highest BCUT2D eigenvalue weighted by atomic mass is 19.1. The fraction of sp³-hybridized carbons (Fsp3) is 0.588. The van der Waals surface area contributed by atoms with Crippen LogP contribution in [0.3, 0.4) is 0 Å². The Hall–Kier alpha value is -1.58. The number of nitrogens with one attached hydrogen (secondary N) is 1. The second kappa shape index (κ2) is 6.04. The van der Waals surface area contributed by atoms with Gasteiger partial charge in [0.25, 0.3) is 0 Å². The van der Waals surface area contributed by atoms with E-state index in [0.717, 1.165) is 12.8 Å². The maximum atomic E-state index is 14.0. The fourth-order valence-electron chi connectivity index (χ4n) is 3.56. The van der Waals surface area contributed by atoms with E-state index in [0.29, 0.717) is 17.2 Å². The molecular weight excluding hydrogens is 269 g/mol. The van der Waals surface area contributed by atoms with Crippen molar-refractivity contribution >= 4 is 11.7 Å². The Bertz CT molecular complexity index is 528. The zero-order valence-electron chi connectivity index (χ0n) is 13.2. The molecular formula is C17H24FNO2. The average molecular weight is 293 g/mol. The summed E-state index contributed by atoms with van der Waals surface area (Å²) in [6.07, 6.45) is 3.21. The number of rotatable bonds is 3. The number of anilines is 1. The lowest BCUT2D eigenvalue weighted by Crippen LogP contribution is -2.35. The second-order valence-corrected chi connectivity index (χ2v) is 6.94. The van der Waals surface area contributed by atoms with E-state index in [1.807, 2.05) is 0 Å². The molecule has 0 heterocycles. The summed E-state index contributed by atoms with van der Waals surface area (Å²) in [7, 11) is 1.32. The Morgan fingerprint density at radius 3 is 2.71 bits per heavy atom. The van der Waals surface area contributed by atoms with Crippen LogP contribution in [0.4, 0.5) is 10.1 Å². The van der Waals surface area contributed by atoms with Crippen molar-refractivity contribution in [3.8, 4) is 0 Å². The van der Waals surface area contributed by atoms with E-state index < -0.39 is 5.97 Å². The van der Waals surface area contributed by atoms with E-state index in [4.69, 9.17) is 0 Å². The molecule has 3 nitrogen and oxygen atoms in total. The lowest BCUT2D eigenvalue weighted by atomic mass is 9.70. The van der Waals surface area contributed by atoms with Crippen molar-refractivity contribution < 1.29 is 13.9 Å². The number of hydrogen-bond acceptors (Lipinski definition) is 3. The number of esters is 1. The Morgan fingerprint density at radius 1 is 1.38 bits per heavy atom. The molecule has 1 aromatic rings. The highest BCUT2D eigenvalue weighted by Gasteiger charge is 2.32. The van der Waals surface area contributed by atoms with Gasteiger partial charge in [-0.25, -0.2) is 9.18 Å². The van der Waals surface area contributed by atoms with Gasteiger partial charge in [0.1, 0.15) is 5.82 Å². The standard InChI is InChI=1S/C17H24FNO2/c1-11-7-13(10-17(2,3)9-11)19-15-8-12(16(20)21-4)5-6-14(15)18/h5-6,8,11,13,19H,7,9-10H2,1-4H3. The molecule has 1 aromatic carbocycles. The molecule has 1 aliphatic carbocycles. The van der Waals surface area contributed by atoms with Crippen LogP contribution in [0, 0.1) is 17.2 Å². The van der Waals surface area contributed by atoms with Gasteiger partial charge in [0.15, 0.2) is 0 Å². The Labute approximate surface area is 125 Å². The topological polar surface area (TPSA) is 38.3 Å². The number of hydrogen-bond donors (Lipinski definition) is 1. The van der Waals surface area contributed by atoms with Gasteiger partial charge in [-0.1, -0.05) is 20.8 Å². The predicted molar refractivity (Wildman–Crippen MR) is 81.9 cm³/mol. The van der Waals surface area contributed by atoms with Crippen LogP contribution in [0.2, 0.25) is 0 Å². The number of carbonyl (C=O) groups is 1. The normalized spacial score (nSPS) is 24.4. The summed E-state index contributed by atoms with van der Waals surface area (Å²) in [5.41, 5.74) is 1.00. The Morgan fingerprint density at radius 2 is 2.10 bits per heavy atom. The van der Waals surface area contributed by atoms with Crippen LogP contribution in [0.1, 0.15) is 50.4 Å². The van der Waals surface area contributed by atoms with Crippen molar-refractivity contribution in [2.45, 2.75) is 46.1 Å². The number of ether oxygens (including phenoxy) is 1. The lowest BCUT2D eigenvalue weighted by Gasteiger charge is -2.39. The summed E-state index contributed by atoms with van der Waals surface area (Å²) in [5.74, 6) is -0.174. The van der Waals surface area contributed by atoms with E-state index in [1.165, 1.54) is 31.7 Å². The molecule has 2 rings (SSSR count). The van der Waals surface area contributed by atoms with Gasteiger partial charge in [-0.2, -0.15) is 0 Å². The monoisotopic (exact) mass is 293 g/mol. The van der Waals surface area contributed by atoms with E-state index in [2.05, 4.69) is 30.8 Å². The summed E-state index contributed by atoms with van der Waals surface area (Å²) in [6.45, 7) is 6.73. The summed E-state index contributed by atoms with van der Waals surface area (Å²) in [4.78, 5) is 11.6. The Balaban J connectivity index is 2.17. The quantitative estimate of drug-likeness (QED) is 0.847. The first-order valence-corrected chi connectivity index (χ1v) is 7.45. The van der Waals surface area contributed by atoms with E-state index in [-0.39, 0.29) is 17.3 Å². The van der Waals surface area contributed by atoms with Crippen LogP contribution in [0.15, 0.2) is 18.2 Å². The van der Waals surface area contributed by atoms with Gasteiger partial charge in [-0.3, -0.25) is 0 Å². The Kier molecular flexibility index (Phi) is 4.55. The third-order valence-corrected chi connectivity index (χ3v) is 4.13. The van der Waals surface area contributed by atoms with Crippen molar-refractivity contribution in [1.29, 1.82) is 0 Å². The molecule has 2 atom stereocenters. The van der Waals surface area contributed by atoms with Crippen molar-refractivity contribution in [2.24, 2.45) is 11.3 Å². The predicted octanol–water partition coefficient (Wildman–Crippen LogP) is 4.24. The second-order valence-electron chi connectivity index (χ2n) is 6.94. The molecule has 1 N–H and O–H groups in total. The van der Waals surface area contributed by atoms with Crippen LogP contribution in [-0.4, -0.2) is 19.1 Å². The number of halogens is 1. The average Bonchev–Trinajstić information content (AvgIpc) is 2.38. The molecule has 0 aromatic heterocycles. The van der Waals surface area contributed by atoms with Crippen LogP contribution in [-0.2, 0) is 4.74 Å². The molecule has 116 valence electrons. The van der Waals surface area contributed by atoms with Crippen LogP contribution in [0.5, 0.6) is 0 Å². The molecule has 0 amide bonds. The molecule has 0 saturated heterocycles. The summed E-state index contributed by atoms with van der Waals surface area (Å²) in [6, 6.07) is 4.52. The van der Waals surface area contributed by atoms with Crippen molar-refractivity contribution in [1.82, 2.24) is 0 Å². The molecule has 0 spiro atoms. The maximum Gasteiger partial charge on any atom is 0.337 e. The van der Waals surface area contributed by atoms with Crippen molar-refractivity contribution in [3.63, 3.8) is 0 Å². The molecule has 1 saturated carbocycles. The first-order chi connectivity index (χ1) is 9.80. The minimum atomic E-state index is -0.449.